The van der Waals surface area contributed by atoms with Crippen LogP contribution in [0.2, 0.25) is 0 Å². The van der Waals surface area contributed by atoms with Crippen LogP contribution in [0.4, 0.5) is 27.4 Å². The van der Waals surface area contributed by atoms with E-state index in [9.17, 15) is 19.3 Å². The molecule has 176 valence electrons. The van der Waals surface area contributed by atoms with Crippen molar-refractivity contribution in [1.82, 2.24) is 9.97 Å². The zero-order valence-electron chi connectivity index (χ0n) is 18.5. The maximum atomic E-state index is 13.2. The highest BCUT2D eigenvalue weighted by Gasteiger charge is 2.35. The molecule has 0 N–H and O–H groups in total. The number of piperidine rings is 1. The Kier molecular flexibility index (Phi) is 6.85. The van der Waals surface area contributed by atoms with E-state index in [-0.39, 0.29) is 35.0 Å². The number of carbonyl (C=O) groups is 1. The molecule has 0 spiro atoms. The number of nitro groups is 1. The van der Waals surface area contributed by atoms with E-state index in [1.54, 1.807) is 24.0 Å². The number of hydrogen-bond donors (Lipinski definition) is 0. The predicted octanol–water partition coefficient (Wildman–Crippen LogP) is 2.63. The molecule has 0 amide bonds. The molecule has 1 aromatic carbocycles. The van der Waals surface area contributed by atoms with Gasteiger partial charge in [0.25, 0.3) is 0 Å². The van der Waals surface area contributed by atoms with Crippen LogP contribution >= 0.6 is 0 Å². The fraction of sp³-hybridized carbons (Fsp3) is 0.500. The number of ether oxygens (including phenoxy) is 1. The summed E-state index contributed by atoms with van der Waals surface area (Å²) in [4.78, 5) is 38.2. The Bertz CT molecular complexity index is 997. The van der Waals surface area contributed by atoms with Gasteiger partial charge in [0, 0.05) is 45.0 Å². The molecule has 4 rings (SSSR count). The maximum absolute atomic E-state index is 13.2. The van der Waals surface area contributed by atoms with E-state index in [1.165, 1.54) is 18.5 Å². The van der Waals surface area contributed by atoms with Crippen molar-refractivity contribution >= 4 is 29.0 Å². The molecule has 0 saturated carbocycles. The summed E-state index contributed by atoms with van der Waals surface area (Å²) in [6.45, 7) is 5.26. The fourth-order valence-corrected chi connectivity index (χ4v) is 4.44. The van der Waals surface area contributed by atoms with Gasteiger partial charge in [0.1, 0.15) is 12.1 Å². The van der Waals surface area contributed by atoms with Gasteiger partial charge in [-0.15, -0.1) is 0 Å². The second-order valence-corrected chi connectivity index (χ2v) is 8.11. The Labute approximate surface area is 191 Å². The van der Waals surface area contributed by atoms with Crippen molar-refractivity contribution in [3.8, 4) is 0 Å². The smallest absolute Gasteiger partial charge is 0.353 e. The Hall–Kier alpha value is -3.50. The number of esters is 1. The van der Waals surface area contributed by atoms with Gasteiger partial charge < -0.3 is 19.4 Å². The van der Waals surface area contributed by atoms with Crippen LogP contribution in [0.25, 0.3) is 0 Å². The number of carbonyl (C=O) groups excluding carboxylic acids is 1. The van der Waals surface area contributed by atoms with Gasteiger partial charge in [-0.25, -0.2) is 14.4 Å². The number of benzene rings is 1. The Morgan fingerprint density at radius 1 is 1.09 bits per heavy atom. The lowest BCUT2D eigenvalue weighted by Gasteiger charge is -2.37. The lowest BCUT2D eigenvalue weighted by Crippen LogP contribution is -2.47. The van der Waals surface area contributed by atoms with Crippen molar-refractivity contribution in [2.45, 2.75) is 19.8 Å². The van der Waals surface area contributed by atoms with E-state index >= 15 is 0 Å². The Morgan fingerprint density at radius 2 is 1.73 bits per heavy atom. The molecule has 1 unspecified atom stereocenters. The molecule has 11 heteroatoms. The first kappa shape index (κ1) is 22.7. The third-order valence-electron chi connectivity index (χ3n) is 6.08. The van der Waals surface area contributed by atoms with E-state index in [4.69, 9.17) is 4.74 Å². The third-order valence-corrected chi connectivity index (χ3v) is 6.08. The minimum atomic E-state index is -0.439. The van der Waals surface area contributed by atoms with E-state index in [0.717, 1.165) is 12.1 Å². The monoisotopic (exact) mass is 458 g/mol. The minimum Gasteiger partial charge on any atom is -0.466 e. The summed E-state index contributed by atoms with van der Waals surface area (Å²) in [6.07, 6.45) is 2.75. The van der Waals surface area contributed by atoms with Gasteiger partial charge in [-0.2, -0.15) is 0 Å². The van der Waals surface area contributed by atoms with Crippen molar-refractivity contribution in [3.05, 3.63) is 46.5 Å². The standard InChI is InChI=1S/C22H27FN6O4/c1-2-33-22(30)16-4-3-9-28(14-16)21-19(29(31)32)20(24-15-25-21)27-12-10-26(11-13-27)18-7-5-17(23)6-8-18/h5-8,15-16H,2-4,9-14H2,1H3. The zero-order valence-corrected chi connectivity index (χ0v) is 18.5. The molecule has 0 radical (unpaired) electrons. The van der Waals surface area contributed by atoms with Gasteiger partial charge in [0.15, 0.2) is 0 Å². The largest absolute Gasteiger partial charge is 0.466 e. The predicted molar refractivity (Wildman–Crippen MR) is 121 cm³/mol. The molecular weight excluding hydrogens is 431 g/mol. The van der Waals surface area contributed by atoms with Crippen LogP contribution < -0.4 is 14.7 Å². The van der Waals surface area contributed by atoms with E-state index in [1.807, 2.05) is 4.90 Å². The van der Waals surface area contributed by atoms with Crippen molar-refractivity contribution in [1.29, 1.82) is 0 Å². The summed E-state index contributed by atoms with van der Waals surface area (Å²) in [7, 11) is 0. The van der Waals surface area contributed by atoms with Gasteiger partial charge in [0.2, 0.25) is 11.6 Å². The molecule has 1 atom stereocenters. The average molecular weight is 458 g/mol. The fourth-order valence-electron chi connectivity index (χ4n) is 4.44. The highest BCUT2D eigenvalue weighted by molar-refractivity contribution is 5.75. The third kappa shape index (κ3) is 4.96. The number of rotatable bonds is 6. The molecule has 10 nitrogen and oxygen atoms in total. The first-order valence-corrected chi connectivity index (χ1v) is 11.1. The van der Waals surface area contributed by atoms with Gasteiger partial charge in [-0.05, 0) is 44.0 Å². The molecule has 33 heavy (non-hydrogen) atoms. The van der Waals surface area contributed by atoms with E-state index < -0.39 is 4.92 Å². The summed E-state index contributed by atoms with van der Waals surface area (Å²) >= 11 is 0. The van der Waals surface area contributed by atoms with Crippen molar-refractivity contribution in [3.63, 3.8) is 0 Å². The number of anilines is 3. The molecule has 2 fully saturated rings. The average Bonchev–Trinajstić information content (AvgIpc) is 2.84. The van der Waals surface area contributed by atoms with Gasteiger partial charge in [0.05, 0.1) is 17.4 Å². The number of nitrogens with zero attached hydrogens (tertiary/aromatic N) is 6. The van der Waals surface area contributed by atoms with Crippen LogP contribution in [-0.4, -0.2) is 66.7 Å². The summed E-state index contributed by atoms with van der Waals surface area (Å²) in [5.74, 6) is -0.390. The van der Waals surface area contributed by atoms with E-state index in [2.05, 4.69) is 14.9 Å². The highest BCUT2D eigenvalue weighted by atomic mass is 19.1. The number of aromatic nitrogens is 2. The molecule has 2 aliphatic heterocycles. The topological polar surface area (TPSA) is 105 Å². The molecule has 3 heterocycles. The number of hydrogen-bond acceptors (Lipinski definition) is 9. The molecule has 0 bridgehead atoms. The van der Waals surface area contributed by atoms with Crippen LogP contribution in [0.5, 0.6) is 0 Å². The van der Waals surface area contributed by atoms with Crippen molar-refractivity contribution < 1.29 is 18.8 Å². The first-order chi connectivity index (χ1) is 16.0. The Morgan fingerprint density at radius 3 is 2.36 bits per heavy atom. The maximum Gasteiger partial charge on any atom is 0.353 e. The normalized spacial score (nSPS) is 18.8. The summed E-state index contributed by atoms with van der Waals surface area (Å²) in [6, 6.07) is 6.30. The SMILES string of the molecule is CCOC(=O)C1CCCN(c2ncnc(N3CCN(c4ccc(F)cc4)CC3)c2[N+](=O)[O-])C1. The number of piperazine rings is 1. The van der Waals surface area contributed by atoms with Crippen LogP contribution in [0.3, 0.4) is 0 Å². The summed E-state index contributed by atoms with van der Waals surface area (Å²) in [5, 5.41) is 12.1. The molecule has 1 aromatic heterocycles. The first-order valence-electron chi connectivity index (χ1n) is 11.1. The van der Waals surface area contributed by atoms with E-state index in [0.29, 0.717) is 52.3 Å². The Balaban J connectivity index is 1.53. The molecule has 2 aromatic rings. The zero-order chi connectivity index (χ0) is 23.4. The molecule has 0 aliphatic carbocycles. The van der Waals surface area contributed by atoms with Crippen LogP contribution in [-0.2, 0) is 9.53 Å². The summed E-state index contributed by atoms with van der Waals surface area (Å²) in [5.41, 5.74) is 0.768. The molecule has 2 saturated heterocycles. The molecular formula is C22H27FN6O4. The lowest BCUT2D eigenvalue weighted by atomic mass is 9.98. The van der Waals surface area contributed by atoms with Gasteiger partial charge >= 0.3 is 11.7 Å². The second-order valence-electron chi connectivity index (χ2n) is 8.11. The lowest BCUT2D eigenvalue weighted by molar-refractivity contribution is -0.383. The quantitative estimate of drug-likeness (QED) is 0.367. The molecule has 2 aliphatic rings. The van der Waals surface area contributed by atoms with Gasteiger partial charge in [-0.3, -0.25) is 14.9 Å². The van der Waals surface area contributed by atoms with Gasteiger partial charge in [-0.1, -0.05) is 0 Å². The van der Waals surface area contributed by atoms with Crippen molar-refractivity contribution in [2.75, 3.05) is 60.6 Å². The minimum absolute atomic E-state index is 0.141. The number of halogens is 1. The second kappa shape index (κ2) is 9.97. The summed E-state index contributed by atoms with van der Waals surface area (Å²) < 4.78 is 18.4. The highest BCUT2D eigenvalue weighted by Crippen LogP contribution is 2.36. The van der Waals surface area contributed by atoms with Crippen LogP contribution in [0, 0.1) is 21.8 Å². The van der Waals surface area contributed by atoms with Crippen LogP contribution in [0.15, 0.2) is 30.6 Å². The van der Waals surface area contributed by atoms with Crippen molar-refractivity contribution in [2.24, 2.45) is 5.92 Å². The van der Waals surface area contributed by atoms with Crippen LogP contribution in [0.1, 0.15) is 19.8 Å².